The summed E-state index contributed by atoms with van der Waals surface area (Å²) >= 11 is 0. The summed E-state index contributed by atoms with van der Waals surface area (Å²) in [5.74, 6) is -2.66. The van der Waals surface area contributed by atoms with Crippen molar-refractivity contribution in [2.75, 3.05) is 7.11 Å². The zero-order valence-corrected chi connectivity index (χ0v) is 24.4. The fourth-order valence-corrected chi connectivity index (χ4v) is 8.48. The molecule has 8 heteroatoms. The van der Waals surface area contributed by atoms with Gasteiger partial charge < -0.3 is 18.6 Å². The molecule has 4 aliphatic rings. The number of cyclic esters (lactones) is 1. The molecule has 3 aliphatic carbocycles. The van der Waals surface area contributed by atoms with Crippen molar-refractivity contribution in [2.24, 2.45) is 39.9 Å². The van der Waals surface area contributed by atoms with Crippen LogP contribution in [0.15, 0.2) is 46.3 Å². The Balaban J connectivity index is 1.66. The van der Waals surface area contributed by atoms with Gasteiger partial charge in [0, 0.05) is 33.8 Å². The van der Waals surface area contributed by atoms with E-state index in [1.165, 1.54) is 7.11 Å². The minimum atomic E-state index is -0.904. The van der Waals surface area contributed by atoms with Crippen LogP contribution in [0.2, 0.25) is 0 Å². The number of carbonyl (C=O) groups excluding carboxylic acids is 4. The van der Waals surface area contributed by atoms with Crippen LogP contribution in [-0.4, -0.2) is 36.9 Å². The largest absolute Gasteiger partial charge is 0.472 e. The molecule has 0 radical (unpaired) electrons. The summed E-state index contributed by atoms with van der Waals surface area (Å²) in [6.45, 7) is 11.5. The highest BCUT2D eigenvalue weighted by molar-refractivity contribution is 5.94. The van der Waals surface area contributed by atoms with Crippen molar-refractivity contribution in [3.8, 4) is 0 Å². The SMILES string of the molecule is C/C=C(\C)C(=O)O[C@@H]1[C@H]2C=C3[C@@H]4CC(=O)O[C@@H](c5ccoc5)[C@]4(C)CC[C@@H]3[C@](C)(C2=O)[C@@H](CC(=O)OC)C1(C)C. The number of carbonyl (C=O) groups is 4. The first-order valence-corrected chi connectivity index (χ1v) is 14.2. The Kier molecular flexibility index (Phi) is 6.91. The van der Waals surface area contributed by atoms with Crippen LogP contribution in [-0.2, 0) is 33.4 Å². The molecule has 0 N–H and O–H groups in total. The molecular weight excluding hydrogens is 512 g/mol. The number of ether oxygens (including phenoxy) is 3. The van der Waals surface area contributed by atoms with E-state index in [-0.39, 0.29) is 36.4 Å². The number of furan rings is 1. The van der Waals surface area contributed by atoms with Crippen LogP contribution in [0.4, 0.5) is 0 Å². The highest BCUT2D eigenvalue weighted by Gasteiger charge is 2.69. The zero-order chi connectivity index (χ0) is 29.2. The number of hydrogen-bond acceptors (Lipinski definition) is 8. The molecule has 3 fully saturated rings. The molecule has 5 rings (SSSR count). The number of Topliss-reactive ketones (excluding diaryl/α,β-unsaturated/α-hetero) is 1. The second-order valence-electron chi connectivity index (χ2n) is 13.1. The van der Waals surface area contributed by atoms with E-state index in [0.717, 1.165) is 17.6 Å². The van der Waals surface area contributed by atoms with Gasteiger partial charge in [-0.05, 0) is 50.5 Å². The van der Waals surface area contributed by atoms with Crippen LogP contribution in [0.5, 0.6) is 0 Å². The second kappa shape index (κ2) is 9.74. The van der Waals surface area contributed by atoms with Crippen LogP contribution in [0, 0.1) is 39.9 Å². The normalized spacial score (nSPS) is 38.4. The number of rotatable bonds is 5. The molecule has 0 aromatic carbocycles. The summed E-state index contributed by atoms with van der Waals surface area (Å²) in [4.78, 5) is 53.3. The Bertz CT molecular complexity index is 1290. The monoisotopic (exact) mass is 552 g/mol. The van der Waals surface area contributed by atoms with Gasteiger partial charge in [0.25, 0.3) is 0 Å². The second-order valence-corrected chi connectivity index (χ2v) is 13.1. The Morgan fingerprint density at radius 3 is 2.50 bits per heavy atom. The van der Waals surface area contributed by atoms with Gasteiger partial charge in [0.2, 0.25) is 0 Å². The molecule has 2 heterocycles. The first kappa shape index (κ1) is 28.4. The summed E-state index contributed by atoms with van der Waals surface area (Å²) in [6, 6.07) is 1.83. The van der Waals surface area contributed by atoms with E-state index in [9.17, 15) is 19.2 Å². The Morgan fingerprint density at radius 2 is 1.88 bits per heavy atom. The van der Waals surface area contributed by atoms with Gasteiger partial charge in [0.05, 0.1) is 32.0 Å². The molecule has 216 valence electrons. The molecule has 8 nitrogen and oxygen atoms in total. The molecule has 1 saturated heterocycles. The van der Waals surface area contributed by atoms with Gasteiger partial charge >= 0.3 is 17.9 Å². The smallest absolute Gasteiger partial charge is 0.333 e. The Hall–Kier alpha value is -3.16. The van der Waals surface area contributed by atoms with Gasteiger partial charge in [-0.25, -0.2) is 4.79 Å². The lowest BCUT2D eigenvalue weighted by atomic mass is 9.40. The first-order chi connectivity index (χ1) is 18.8. The van der Waals surface area contributed by atoms with Crippen LogP contribution < -0.4 is 0 Å². The maximum absolute atomic E-state index is 14.4. The van der Waals surface area contributed by atoms with Gasteiger partial charge in [-0.1, -0.05) is 45.4 Å². The van der Waals surface area contributed by atoms with Crippen molar-refractivity contribution in [3.63, 3.8) is 0 Å². The van der Waals surface area contributed by atoms with E-state index in [0.29, 0.717) is 12.0 Å². The molecule has 1 aromatic rings. The summed E-state index contributed by atoms with van der Waals surface area (Å²) < 4.78 is 22.5. The molecule has 40 heavy (non-hydrogen) atoms. The van der Waals surface area contributed by atoms with Crippen molar-refractivity contribution in [1.29, 1.82) is 0 Å². The fraction of sp³-hybridized carbons (Fsp3) is 0.625. The summed E-state index contributed by atoms with van der Waals surface area (Å²) in [6.07, 6.45) is 7.30. The lowest BCUT2D eigenvalue weighted by molar-refractivity contribution is -0.195. The van der Waals surface area contributed by atoms with E-state index in [1.807, 2.05) is 32.9 Å². The topological polar surface area (TPSA) is 109 Å². The summed E-state index contributed by atoms with van der Waals surface area (Å²) in [7, 11) is 1.35. The number of ketones is 1. The van der Waals surface area contributed by atoms with Crippen LogP contribution in [0.1, 0.15) is 78.9 Å². The molecule has 1 aliphatic heterocycles. The molecule has 2 bridgehead atoms. The highest BCUT2D eigenvalue weighted by atomic mass is 16.6. The molecule has 0 amide bonds. The lowest BCUT2D eigenvalue weighted by Gasteiger charge is -2.63. The maximum atomic E-state index is 14.4. The van der Waals surface area contributed by atoms with Crippen molar-refractivity contribution < 1.29 is 37.8 Å². The number of esters is 3. The minimum absolute atomic E-state index is 0.0150. The van der Waals surface area contributed by atoms with Gasteiger partial charge in [-0.15, -0.1) is 0 Å². The molecular formula is C32H40O8. The van der Waals surface area contributed by atoms with E-state index < -0.39 is 52.2 Å². The number of fused-ring (bicyclic) bond motifs is 6. The van der Waals surface area contributed by atoms with Gasteiger partial charge in [-0.3, -0.25) is 14.4 Å². The number of allylic oxidation sites excluding steroid dienone is 2. The Labute approximate surface area is 235 Å². The third-order valence-corrected chi connectivity index (χ3v) is 10.8. The maximum Gasteiger partial charge on any atom is 0.333 e. The van der Waals surface area contributed by atoms with Gasteiger partial charge in [-0.2, -0.15) is 0 Å². The molecule has 8 atom stereocenters. The predicted octanol–water partition coefficient (Wildman–Crippen LogP) is 5.53. The van der Waals surface area contributed by atoms with Gasteiger partial charge in [0.15, 0.2) is 0 Å². The van der Waals surface area contributed by atoms with Crippen LogP contribution in [0.25, 0.3) is 0 Å². The molecule has 0 unspecified atom stereocenters. The first-order valence-electron chi connectivity index (χ1n) is 14.2. The molecule has 1 aromatic heterocycles. The summed E-state index contributed by atoms with van der Waals surface area (Å²) in [5, 5.41) is 0. The minimum Gasteiger partial charge on any atom is -0.472 e. The fourth-order valence-electron chi connectivity index (χ4n) is 8.48. The van der Waals surface area contributed by atoms with Crippen molar-refractivity contribution in [1.82, 2.24) is 0 Å². The molecule has 0 spiro atoms. The number of hydrogen-bond donors (Lipinski definition) is 0. The van der Waals surface area contributed by atoms with E-state index in [2.05, 4.69) is 6.92 Å². The van der Waals surface area contributed by atoms with E-state index in [1.54, 1.807) is 32.4 Å². The third-order valence-electron chi connectivity index (χ3n) is 10.8. The van der Waals surface area contributed by atoms with E-state index >= 15 is 0 Å². The standard InChI is InChI=1S/C32H40O8/c1-8-17(2)29(36)40-28-20-13-19-21(32(6,26(20)35)23(30(28,3)4)15-24(33)37-7)9-11-31(5)22(19)14-25(34)39-27(31)18-10-12-38-16-18/h8,10,12-13,16,20-23,27-28H,9,11,14-15H2,1-7H3/b17-8+/t20-,21-,22-,23-,27-,28+,31+,32-/m0/s1. The molecule has 2 saturated carbocycles. The zero-order valence-electron chi connectivity index (χ0n) is 24.4. The number of methoxy groups -OCH3 is 1. The van der Waals surface area contributed by atoms with Gasteiger partial charge in [0.1, 0.15) is 18.0 Å². The van der Waals surface area contributed by atoms with Crippen molar-refractivity contribution in [2.45, 2.75) is 79.4 Å². The van der Waals surface area contributed by atoms with Crippen LogP contribution >= 0.6 is 0 Å². The van der Waals surface area contributed by atoms with Crippen LogP contribution in [0.3, 0.4) is 0 Å². The Morgan fingerprint density at radius 1 is 1.15 bits per heavy atom. The quantitative estimate of drug-likeness (QED) is 0.203. The van der Waals surface area contributed by atoms with E-state index in [4.69, 9.17) is 18.6 Å². The average Bonchev–Trinajstić information content (AvgIpc) is 3.45. The lowest BCUT2D eigenvalue weighted by Crippen LogP contribution is -2.66. The summed E-state index contributed by atoms with van der Waals surface area (Å²) in [5.41, 5.74) is 0.283. The van der Waals surface area contributed by atoms with Crippen molar-refractivity contribution >= 4 is 23.7 Å². The third kappa shape index (κ3) is 4.00. The average molecular weight is 553 g/mol. The van der Waals surface area contributed by atoms with Crippen molar-refractivity contribution in [3.05, 3.63) is 47.5 Å². The predicted molar refractivity (Wildman–Crippen MR) is 144 cm³/mol. The highest BCUT2D eigenvalue weighted by Crippen LogP contribution is 2.68.